The molecule has 5 heteroatoms. The van der Waals surface area contributed by atoms with Crippen LogP contribution in [0.25, 0.3) is 0 Å². The minimum atomic E-state index is -0.0205. The lowest BCUT2D eigenvalue weighted by Gasteiger charge is -2.29. The van der Waals surface area contributed by atoms with Crippen molar-refractivity contribution in [2.45, 2.75) is 31.4 Å². The Morgan fingerprint density at radius 1 is 1.37 bits per heavy atom. The molecule has 0 bridgehead atoms. The number of amidine groups is 1. The first-order chi connectivity index (χ1) is 8.79. The van der Waals surface area contributed by atoms with Crippen LogP contribution in [-0.2, 0) is 4.74 Å². The molecule has 0 unspecified atom stereocenters. The summed E-state index contributed by atoms with van der Waals surface area (Å²) in [5.74, 6) is 0.844. The standard InChI is InChI=1S/C14H18N2O2.BrH/c1-17-11-6-4-5-10(9-11)13-12-7-2-3-8-16(12)14(15)18-13;/h4-6,9,12-13,15H,2-3,7-8H2,1H3;1H/t12-,13+;/m0./s1. The minimum Gasteiger partial charge on any atom is -0.497 e. The van der Waals surface area contributed by atoms with Gasteiger partial charge < -0.3 is 14.4 Å². The smallest absolute Gasteiger partial charge is 0.285 e. The maximum atomic E-state index is 7.92. The van der Waals surface area contributed by atoms with Crippen molar-refractivity contribution in [2.75, 3.05) is 13.7 Å². The summed E-state index contributed by atoms with van der Waals surface area (Å²) in [6, 6.07) is 8.62. The first-order valence-corrected chi connectivity index (χ1v) is 6.45. The van der Waals surface area contributed by atoms with Gasteiger partial charge in [-0.05, 0) is 37.0 Å². The number of nitrogens with zero attached hydrogens (tertiary/aromatic N) is 1. The summed E-state index contributed by atoms with van der Waals surface area (Å²) in [7, 11) is 1.67. The Balaban J connectivity index is 0.00000133. The highest BCUT2D eigenvalue weighted by Crippen LogP contribution is 2.38. The minimum absolute atomic E-state index is 0. The Labute approximate surface area is 124 Å². The van der Waals surface area contributed by atoms with E-state index >= 15 is 0 Å². The molecule has 1 aromatic carbocycles. The molecule has 3 rings (SSSR count). The van der Waals surface area contributed by atoms with Gasteiger partial charge in [-0.3, -0.25) is 5.41 Å². The highest BCUT2D eigenvalue weighted by molar-refractivity contribution is 8.93. The van der Waals surface area contributed by atoms with Crippen molar-refractivity contribution in [3.63, 3.8) is 0 Å². The van der Waals surface area contributed by atoms with Gasteiger partial charge in [0.05, 0.1) is 13.2 Å². The summed E-state index contributed by atoms with van der Waals surface area (Å²) in [5, 5.41) is 7.92. The fraction of sp³-hybridized carbons (Fsp3) is 0.500. The van der Waals surface area contributed by atoms with Crippen LogP contribution >= 0.6 is 17.0 Å². The Kier molecular flexibility index (Phi) is 4.34. The van der Waals surface area contributed by atoms with Gasteiger partial charge in [0.15, 0.2) is 0 Å². The maximum Gasteiger partial charge on any atom is 0.285 e. The molecule has 0 radical (unpaired) electrons. The van der Waals surface area contributed by atoms with Gasteiger partial charge >= 0.3 is 0 Å². The lowest BCUT2D eigenvalue weighted by molar-refractivity contribution is 0.167. The second-order valence-corrected chi connectivity index (χ2v) is 4.88. The zero-order valence-corrected chi connectivity index (χ0v) is 12.7. The Morgan fingerprint density at radius 2 is 2.21 bits per heavy atom. The predicted molar refractivity (Wildman–Crippen MR) is 79.2 cm³/mol. The van der Waals surface area contributed by atoms with Gasteiger partial charge in [0.25, 0.3) is 6.02 Å². The molecule has 1 aromatic rings. The molecule has 0 aromatic heterocycles. The van der Waals surface area contributed by atoms with Gasteiger partial charge in [-0.15, -0.1) is 17.0 Å². The van der Waals surface area contributed by atoms with Gasteiger partial charge in [-0.1, -0.05) is 12.1 Å². The molecule has 2 fully saturated rings. The van der Waals surface area contributed by atoms with E-state index in [9.17, 15) is 0 Å². The zero-order valence-electron chi connectivity index (χ0n) is 11.0. The average molecular weight is 327 g/mol. The van der Waals surface area contributed by atoms with Crippen molar-refractivity contribution < 1.29 is 9.47 Å². The molecule has 0 spiro atoms. The van der Waals surface area contributed by atoms with Gasteiger partial charge in [0, 0.05) is 6.54 Å². The second-order valence-electron chi connectivity index (χ2n) is 4.88. The number of nitrogens with one attached hydrogen (secondary N) is 1. The van der Waals surface area contributed by atoms with Crippen LogP contribution in [-0.4, -0.2) is 30.6 Å². The van der Waals surface area contributed by atoms with E-state index in [1.54, 1.807) is 7.11 Å². The van der Waals surface area contributed by atoms with Gasteiger partial charge in [-0.2, -0.15) is 0 Å². The number of hydrogen-bond acceptors (Lipinski definition) is 3. The summed E-state index contributed by atoms with van der Waals surface area (Å²) in [6.07, 6.45) is 3.46. The summed E-state index contributed by atoms with van der Waals surface area (Å²) in [4.78, 5) is 2.09. The van der Waals surface area contributed by atoms with Gasteiger partial charge in [0.1, 0.15) is 11.9 Å². The molecule has 2 saturated heterocycles. The zero-order chi connectivity index (χ0) is 12.5. The van der Waals surface area contributed by atoms with Crippen LogP contribution in [0.5, 0.6) is 5.75 Å². The lowest BCUT2D eigenvalue weighted by Crippen LogP contribution is -2.38. The third-order valence-electron chi connectivity index (χ3n) is 3.82. The Morgan fingerprint density at radius 3 is 3.00 bits per heavy atom. The van der Waals surface area contributed by atoms with Crippen LogP contribution in [0, 0.1) is 5.41 Å². The van der Waals surface area contributed by atoms with E-state index in [2.05, 4.69) is 11.0 Å². The van der Waals surface area contributed by atoms with Crippen LogP contribution in [0.4, 0.5) is 0 Å². The number of methoxy groups -OCH3 is 1. The maximum absolute atomic E-state index is 7.92. The number of piperidine rings is 1. The Hall–Kier alpha value is -1.23. The molecule has 4 nitrogen and oxygen atoms in total. The average Bonchev–Trinajstić information content (AvgIpc) is 2.77. The molecule has 2 aliphatic heterocycles. The summed E-state index contributed by atoms with van der Waals surface area (Å²) in [6.45, 7) is 0.948. The quantitative estimate of drug-likeness (QED) is 0.908. The van der Waals surface area contributed by atoms with E-state index in [0.717, 1.165) is 30.7 Å². The lowest BCUT2D eigenvalue weighted by atomic mass is 9.94. The molecule has 104 valence electrons. The van der Waals surface area contributed by atoms with Crippen LogP contribution in [0.15, 0.2) is 24.3 Å². The van der Waals surface area contributed by atoms with Gasteiger partial charge in [0.2, 0.25) is 0 Å². The number of rotatable bonds is 2. The van der Waals surface area contributed by atoms with E-state index in [1.807, 2.05) is 18.2 Å². The molecule has 0 saturated carbocycles. The normalized spacial score (nSPS) is 25.3. The molecular weight excluding hydrogens is 308 g/mol. The van der Waals surface area contributed by atoms with Crippen LogP contribution in [0.2, 0.25) is 0 Å². The number of hydrogen-bond donors (Lipinski definition) is 1. The van der Waals surface area contributed by atoms with Crippen molar-refractivity contribution in [3.8, 4) is 5.75 Å². The van der Waals surface area contributed by atoms with Crippen LogP contribution < -0.4 is 4.74 Å². The molecule has 2 aliphatic rings. The van der Waals surface area contributed by atoms with Gasteiger partial charge in [-0.25, -0.2) is 0 Å². The number of halogens is 1. The topological polar surface area (TPSA) is 45.6 Å². The molecule has 0 amide bonds. The first-order valence-electron chi connectivity index (χ1n) is 6.45. The molecule has 0 aliphatic carbocycles. The highest BCUT2D eigenvalue weighted by atomic mass is 79.9. The highest BCUT2D eigenvalue weighted by Gasteiger charge is 2.41. The number of fused-ring (bicyclic) bond motifs is 1. The SMILES string of the molecule is Br.COc1cccc([C@H]2OC(=N)N3CCCC[C@@H]23)c1. The van der Waals surface area contributed by atoms with E-state index in [0.29, 0.717) is 12.1 Å². The molecular formula is C14H19BrN2O2. The van der Waals surface area contributed by atoms with Crippen LogP contribution in [0.3, 0.4) is 0 Å². The fourth-order valence-electron chi connectivity index (χ4n) is 2.90. The molecule has 2 atom stereocenters. The first kappa shape index (κ1) is 14.2. The van der Waals surface area contributed by atoms with Crippen molar-refractivity contribution >= 4 is 23.0 Å². The van der Waals surface area contributed by atoms with Crippen molar-refractivity contribution in [1.29, 1.82) is 5.41 Å². The van der Waals surface area contributed by atoms with E-state index in [1.165, 1.54) is 6.42 Å². The monoisotopic (exact) mass is 326 g/mol. The third kappa shape index (κ3) is 2.56. The fourth-order valence-corrected chi connectivity index (χ4v) is 2.90. The van der Waals surface area contributed by atoms with E-state index in [-0.39, 0.29) is 23.1 Å². The number of benzene rings is 1. The van der Waals surface area contributed by atoms with Crippen molar-refractivity contribution in [3.05, 3.63) is 29.8 Å². The molecule has 1 N–H and O–H groups in total. The van der Waals surface area contributed by atoms with Crippen LogP contribution in [0.1, 0.15) is 30.9 Å². The predicted octanol–water partition coefficient (Wildman–Crippen LogP) is 3.13. The number of ether oxygens (including phenoxy) is 2. The second kappa shape index (κ2) is 5.82. The summed E-state index contributed by atoms with van der Waals surface area (Å²) >= 11 is 0. The summed E-state index contributed by atoms with van der Waals surface area (Å²) in [5.41, 5.74) is 1.11. The van der Waals surface area contributed by atoms with E-state index in [4.69, 9.17) is 14.9 Å². The molecule has 19 heavy (non-hydrogen) atoms. The third-order valence-corrected chi connectivity index (χ3v) is 3.82. The molecule has 2 heterocycles. The van der Waals surface area contributed by atoms with Crippen molar-refractivity contribution in [1.82, 2.24) is 4.90 Å². The Bertz CT molecular complexity index is 467. The van der Waals surface area contributed by atoms with E-state index < -0.39 is 0 Å². The summed E-state index contributed by atoms with van der Waals surface area (Å²) < 4.78 is 11.0. The largest absolute Gasteiger partial charge is 0.497 e. The van der Waals surface area contributed by atoms with Crippen molar-refractivity contribution in [2.24, 2.45) is 0 Å².